The summed E-state index contributed by atoms with van der Waals surface area (Å²) < 4.78 is 18.5. The highest BCUT2D eigenvalue weighted by atomic mass is 19.1. The Bertz CT molecular complexity index is 402. The van der Waals surface area contributed by atoms with Gasteiger partial charge < -0.3 is 10.1 Å². The van der Waals surface area contributed by atoms with Gasteiger partial charge >= 0.3 is 0 Å². The van der Waals surface area contributed by atoms with E-state index < -0.39 is 0 Å². The first-order valence-electron chi connectivity index (χ1n) is 7.25. The van der Waals surface area contributed by atoms with E-state index in [-0.39, 0.29) is 11.9 Å². The Labute approximate surface area is 115 Å². The second kappa shape index (κ2) is 6.90. The zero-order valence-electron chi connectivity index (χ0n) is 11.9. The molecule has 0 amide bonds. The molecule has 1 saturated carbocycles. The molecule has 1 atom stereocenters. The average molecular weight is 265 g/mol. The predicted molar refractivity (Wildman–Crippen MR) is 75.9 cm³/mol. The topological polar surface area (TPSA) is 21.3 Å². The van der Waals surface area contributed by atoms with Gasteiger partial charge in [-0.2, -0.15) is 0 Å². The molecule has 19 heavy (non-hydrogen) atoms. The first kappa shape index (κ1) is 14.3. The molecule has 0 spiro atoms. The highest BCUT2D eigenvalue weighted by Gasteiger charge is 2.20. The summed E-state index contributed by atoms with van der Waals surface area (Å²) in [6, 6.07) is 5.47. The van der Waals surface area contributed by atoms with Crippen molar-refractivity contribution in [1.82, 2.24) is 5.32 Å². The van der Waals surface area contributed by atoms with Gasteiger partial charge in [-0.3, -0.25) is 0 Å². The molecule has 2 nitrogen and oxygen atoms in total. The van der Waals surface area contributed by atoms with Crippen molar-refractivity contribution >= 4 is 0 Å². The Morgan fingerprint density at radius 1 is 1.32 bits per heavy atom. The summed E-state index contributed by atoms with van der Waals surface area (Å²) in [6.45, 7) is 0. The number of halogens is 1. The van der Waals surface area contributed by atoms with Gasteiger partial charge in [-0.15, -0.1) is 0 Å². The Morgan fingerprint density at radius 3 is 2.68 bits per heavy atom. The number of hydrogen-bond acceptors (Lipinski definition) is 2. The molecule has 2 rings (SSSR count). The van der Waals surface area contributed by atoms with Crippen molar-refractivity contribution in [1.29, 1.82) is 0 Å². The zero-order chi connectivity index (χ0) is 13.7. The van der Waals surface area contributed by atoms with Crippen molar-refractivity contribution in [3.05, 3.63) is 29.6 Å². The van der Waals surface area contributed by atoms with Crippen LogP contribution in [0.15, 0.2) is 18.2 Å². The van der Waals surface area contributed by atoms with Crippen LogP contribution in [0.4, 0.5) is 4.39 Å². The van der Waals surface area contributed by atoms with Gasteiger partial charge in [0.2, 0.25) is 0 Å². The van der Waals surface area contributed by atoms with Crippen LogP contribution in [0.2, 0.25) is 0 Å². The number of hydrogen-bond donors (Lipinski definition) is 1. The molecule has 1 N–H and O–H groups in total. The lowest BCUT2D eigenvalue weighted by molar-refractivity contribution is 0.305. The molecular weight excluding hydrogens is 241 g/mol. The Kier molecular flexibility index (Phi) is 5.20. The minimum Gasteiger partial charge on any atom is -0.494 e. The largest absolute Gasteiger partial charge is 0.494 e. The van der Waals surface area contributed by atoms with E-state index in [0.717, 1.165) is 17.9 Å². The molecule has 1 fully saturated rings. The van der Waals surface area contributed by atoms with Crippen LogP contribution in [0.1, 0.15) is 50.1 Å². The van der Waals surface area contributed by atoms with Crippen molar-refractivity contribution in [2.45, 2.75) is 44.6 Å². The first-order chi connectivity index (χ1) is 9.24. The lowest BCUT2D eigenvalue weighted by atomic mass is 9.83. The second-order valence-corrected chi connectivity index (χ2v) is 5.47. The van der Waals surface area contributed by atoms with Gasteiger partial charge in [0.15, 0.2) is 11.6 Å². The van der Waals surface area contributed by atoms with Gasteiger partial charge in [0, 0.05) is 6.04 Å². The molecule has 1 aliphatic carbocycles. The van der Waals surface area contributed by atoms with Crippen LogP contribution >= 0.6 is 0 Å². The fourth-order valence-corrected chi connectivity index (χ4v) is 3.07. The van der Waals surface area contributed by atoms with E-state index >= 15 is 0 Å². The monoisotopic (exact) mass is 265 g/mol. The number of ether oxygens (including phenoxy) is 1. The number of benzene rings is 1. The summed E-state index contributed by atoms with van der Waals surface area (Å²) in [5.41, 5.74) is 1.12. The van der Waals surface area contributed by atoms with E-state index in [4.69, 9.17) is 4.74 Å². The summed E-state index contributed by atoms with van der Waals surface area (Å²) in [7, 11) is 3.49. The van der Waals surface area contributed by atoms with Crippen molar-refractivity contribution in [2.24, 2.45) is 5.92 Å². The van der Waals surface area contributed by atoms with Gasteiger partial charge in [-0.05, 0) is 37.1 Å². The Hall–Kier alpha value is -1.09. The highest BCUT2D eigenvalue weighted by Crippen LogP contribution is 2.33. The molecule has 0 aromatic heterocycles. The third-order valence-electron chi connectivity index (χ3n) is 4.22. The molecular formula is C16H24FNO. The maximum atomic E-state index is 13.5. The third-order valence-corrected chi connectivity index (χ3v) is 4.22. The molecule has 0 saturated heterocycles. The minimum absolute atomic E-state index is 0.289. The SMILES string of the molecule is CNC(CC1CCCCC1)c1ccc(F)c(OC)c1. The summed E-state index contributed by atoms with van der Waals surface area (Å²) >= 11 is 0. The fourth-order valence-electron chi connectivity index (χ4n) is 3.07. The van der Waals surface area contributed by atoms with Crippen molar-refractivity contribution in [3.8, 4) is 5.75 Å². The van der Waals surface area contributed by atoms with E-state index in [0.29, 0.717) is 5.75 Å². The molecule has 0 radical (unpaired) electrons. The fraction of sp³-hybridized carbons (Fsp3) is 0.625. The highest BCUT2D eigenvalue weighted by molar-refractivity contribution is 5.32. The standard InChI is InChI=1S/C16H24FNO/c1-18-15(10-12-6-4-3-5-7-12)13-8-9-14(17)16(11-13)19-2/h8-9,11-12,15,18H,3-7,10H2,1-2H3. The molecule has 0 heterocycles. The number of methoxy groups -OCH3 is 1. The van der Waals surface area contributed by atoms with Gasteiger partial charge in [0.25, 0.3) is 0 Å². The summed E-state index contributed by atoms with van der Waals surface area (Å²) in [5, 5.41) is 3.36. The molecule has 0 bridgehead atoms. The number of rotatable bonds is 5. The van der Waals surface area contributed by atoms with Crippen LogP contribution in [0.3, 0.4) is 0 Å². The third kappa shape index (κ3) is 3.69. The van der Waals surface area contributed by atoms with Crippen LogP contribution in [-0.4, -0.2) is 14.2 Å². The maximum Gasteiger partial charge on any atom is 0.165 e. The van der Waals surface area contributed by atoms with Crippen LogP contribution in [0.25, 0.3) is 0 Å². The average Bonchev–Trinajstić information content (AvgIpc) is 2.46. The maximum absolute atomic E-state index is 13.5. The van der Waals surface area contributed by atoms with E-state index in [9.17, 15) is 4.39 Å². The molecule has 0 aliphatic heterocycles. The van der Waals surface area contributed by atoms with Gasteiger partial charge in [0.1, 0.15) is 0 Å². The minimum atomic E-state index is -0.293. The normalized spacial score (nSPS) is 18.3. The molecule has 1 aromatic rings. The Balaban J connectivity index is 2.07. The van der Waals surface area contributed by atoms with E-state index in [1.807, 2.05) is 19.2 Å². The van der Waals surface area contributed by atoms with Crippen molar-refractivity contribution in [2.75, 3.05) is 14.2 Å². The van der Waals surface area contributed by atoms with Crippen LogP contribution in [0.5, 0.6) is 5.75 Å². The van der Waals surface area contributed by atoms with Gasteiger partial charge in [-0.25, -0.2) is 4.39 Å². The van der Waals surface area contributed by atoms with E-state index in [1.165, 1.54) is 45.3 Å². The molecule has 1 unspecified atom stereocenters. The smallest absolute Gasteiger partial charge is 0.165 e. The molecule has 1 aliphatic rings. The van der Waals surface area contributed by atoms with Crippen LogP contribution < -0.4 is 10.1 Å². The quantitative estimate of drug-likeness (QED) is 0.866. The Morgan fingerprint density at radius 2 is 2.05 bits per heavy atom. The summed E-state index contributed by atoms with van der Waals surface area (Å²) in [6.07, 6.45) is 7.88. The molecule has 106 valence electrons. The van der Waals surface area contributed by atoms with E-state index in [1.54, 1.807) is 0 Å². The van der Waals surface area contributed by atoms with Crippen LogP contribution in [0, 0.1) is 11.7 Å². The zero-order valence-corrected chi connectivity index (χ0v) is 11.9. The van der Waals surface area contributed by atoms with Crippen LogP contribution in [-0.2, 0) is 0 Å². The van der Waals surface area contributed by atoms with Crippen molar-refractivity contribution < 1.29 is 9.13 Å². The summed E-state index contributed by atoms with van der Waals surface area (Å²) in [5.74, 6) is 0.836. The predicted octanol–water partition coefficient (Wildman–Crippen LogP) is 4.07. The van der Waals surface area contributed by atoms with Gasteiger partial charge in [0.05, 0.1) is 7.11 Å². The first-order valence-corrected chi connectivity index (χ1v) is 7.25. The lowest BCUT2D eigenvalue weighted by Gasteiger charge is -2.26. The second-order valence-electron chi connectivity index (χ2n) is 5.47. The summed E-state index contributed by atoms with van der Waals surface area (Å²) in [4.78, 5) is 0. The lowest BCUT2D eigenvalue weighted by Crippen LogP contribution is -2.21. The molecule has 1 aromatic carbocycles. The van der Waals surface area contributed by atoms with E-state index in [2.05, 4.69) is 5.32 Å². The van der Waals surface area contributed by atoms with Gasteiger partial charge in [-0.1, -0.05) is 38.2 Å². The number of nitrogens with one attached hydrogen (secondary N) is 1. The molecule has 3 heteroatoms. The van der Waals surface area contributed by atoms with Crippen molar-refractivity contribution in [3.63, 3.8) is 0 Å².